The molecule has 0 bridgehead atoms. The summed E-state index contributed by atoms with van der Waals surface area (Å²) in [5.41, 5.74) is 10.6. The quantitative estimate of drug-likeness (QED) is 0.888. The standard InChI is InChI=1S/C16H17BrFN/c1-10-5-11(2)7-12(6-10)8-16(19)14-9-13(18)3-4-15(14)17/h3-7,9,16H,8,19H2,1-2H3. The van der Waals surface area contributed by atoms with Crippen LogP contribution < -0.4 is 5.73 Å². The molecular formula is C16H17BrFN. The Hall–Kier alpha value is -1.19. The summed E-state index contributed by atoms with van der Waals surface area (Å²) in [6.45, 7) is 4.14. The van der Waals surface area contributed by atoms with Gasteiger partial charge in [-0.05, 0) is 49.6 Å². The topological polar surface area (TPSA) is 26.0 Å². The van der Waals surface area contributed by atoms with E-state index in [0.717, 1.165) is 10.0 Å². The summed E-state index contributed by atoms with van der Waals surface area (Å²) in [6, 6.07) is 10.8. The normalized spacial score (nSPS) is 12.5. The van der Waals surface area contributed by atoms with Gasteiger partial charge < -0.3 is 5.73 Å². The van der Waals surface area contributed by atoms with Crippen molar-refractivity contribution in [1.29, 1.82) is 0 Å². The van der Waals surface area contributed by atoms with Crippen molar-refractivity contribution < 1.29 is 4.39 Å². The largest absolute Gasteiger partial charge is 0.324 e. The fourth-order valence-electron chi connectivity index (χ4n) is 2.35. The van der Waals surface area contributed by atoms with Gasteiger partial charge in [0.15, 0.2) is 0 Å². The second-order valence-electron chi connectivity index (χ2n) is 4.97. The lowest BCUT2D eigenvalue weighted by atomic mass is 9.97. The molecule has 1 atom stereocenters. The second kappa shape index (κ2) is 5.85. The lowest BCUT2D eigenvalue weighted by Crippen LogP contribution is -2.14. The Morgan fingerprint density at radius 3 is 2.37 bits per heavy atom. The predicted molar refractivity (Wildman–Crippen MR) is 80.6 cm³/mol. The van der Waals surface area contributed by atoms with E-state index in [2.05, 4.69) is 48.0 Å². The highest BCUT2D eigenvalue weighted by atomic mass is 79.9. The molecule has 100 valence electrons. The highest BCUT2D eigenvalue weighted by Crippen LogP contribution is 2.26. The van der Waals surface area contributed by atoms with E-state index in [0.29, 0.717) is 6.42 Å². The van der Waals surface area contributed by atoms with Crippen LogP contribution in [0, 0.1) is 19.7 Å². The third-order valence-electron chi connectivity index (χ3n) is 3.09. The molecule has 1 nitrogen and oxygen atoms in total. The molecular weight excluding hydrogens is 305 g/mol. The SMILES string of the molecule is Cc1cc(C)cc(CC(N)c2cc(F)ccc2Br)c1. The summed E-state index contributed by atoms with van der Waals surface area (Å²) in [7, 11) is 0. The second-order valence-corrected chi connectivity index (χ2v) is 5.83. The molecule has 0 aromatic heterocycles. The zero-order valence-electron chi connectivity index (χ0n) is 11.1. The summed E-state index contributed by atoms with van der Waals surface area (Å²) in [5.74, 6) is -0.255. The first kappa shape index (κ1) is 14.2. The average molecular weight is 322 g/mol. The molecule has 0 saturated heterocycles. The number of aryl methyl sites for hydroxylation is 2. The number of hydrogen-bond donors (Lipinski definition) is 1. The van der Waals surface area contributed by atoms with Crippen molar-refractivity contribution in [2.24, 2.45) is 5.73 Å². The first-order valence-electron chi connectivity index (χ1n) is 6.23. The van der Waals surface area contributed by atoms with E-state index in [4.69, 9.17) is 5.73 Å². The number of hydrogen-bond acceptors (Lipinski definition) is 1. The van der Waals surface area contributed by atoms with Crippen LogP contribution in [0.2, 0.25) is 0 Å². The van der Waals surface area contributed by atoms with Gasteiger partial charge in [-0.1, -0.05) is 45.3 Å². The minimum atomic E-state index is -0.255. The average Bonchev–Trinajstić information content (AvgIpc) is 2.30. The molecule has 0 spiro atoms. The van der Waals surface area contributed by atoms with Crippen molar-refractivity contribution in [1.82, 2.24) is 0 Å². The first-order valence-corrected chi connectivity index (χ1v) is 7.02. The van der Waals surface area contributed by atoms with Crippen molar-refractivity contribution in [2.75, 3.05) is 0 Å². The number of halogens is 2. The molecule has 0 saturated carbocycles. The van der Waals surface area contributed by atoms with E-state index in [9.17, 15) is 4.39 Å². The minimum absolute atomic E-state index is 0.216. The van der Waals surface area contributed by atoms with Gasteiger partial charge in [-0.3, -0.25) is 0 Å². The highest BCUT2D eigenvalue weighted by molar-refractivity contribution is 9.10. The van der Waals surface area contributed by atoms with Gasteiger partial charge in [0.25, 0.3) is 0 Å². The van der Waals surface area contributed by atoms with Crippen molar-refractivity contribution in [3.8, 4) is 0 Å². The highest BCUT2D eigenvalue weighted by Gasteiger charge is 2.12. The van der Waals surface area contributed by atoms with Gasteiger partial charge in [0, 0.05) is 10.5 Å². The molecule has 0 fully saturated rings. The molecule has 2 aromatic rings. The van der Waals surface area contributed by atoms with E-state index >= 15 is 0 Å². The van der Waals surface area contributed by atoms with Crippen molar-refractivity contribution in [2.45, 2.75) is 26.3 Å². The van der Waals surface area contributed by atoms with Gasteiger partial charge in [-0.15, -0.1) is 0 Å². The predicted octanol–water partition coefficient (Wildman–Crippen LogP) is 4.45. The van der Waals surface area contributed by atoms with Crippen LogP contribution in [0.3, 0.4) is 0 Å². The maximum Gasteiger partial charge on any atom is 0.123 e. The molecule has 19 heavy (non-hydrogen) atoms. The molecule has 3 heteroatoms. The van der Waals surface area contributed by atoms with Crippen molar-refractivity contribution >= 4 is 15.9 Å². The van der Waals surface area contributed by atoms with Crippen LogP contribution in [-0.2, 0) is 6.42 Å². The summed E-state index contributed by atoms with van der Waals surface area (Å²) in [6.07, 6.45) is 0.699. The van der Waals surface area contributed by atoms with Gasteiger partial charge in [-0.2, -0.15) is 0 Å². The lowest BCUT2D eigenvalue weighted by Gasteiger charge is -2.15. The van der Waals surface area contributed by atoms with E-state index in [1.54, 1.807) is 6.07 Å². The van der Waals surface area contributed by atoms with Crippen LogP contribution in [-0.4, -0.2) is 0 Å². The van der Waals surface area contributed by atoms with Gasteiger partial charge in [0.2, 0.25) is 0 Å². The Kier molecular flexibility index (Phi) is 4.38. The Balaban J connectivity index is 2.25. The molecule has 0 amide bonds. The van der Waals surface area contributed by atoms with Gasteiger partial charge >= 0.3 is 0 Å². The summed E-state index contributed by atoms with van der Waals surface area (Å²) >= 11 is 3.43. The van der Waals surface area contributed by atoms with Gasteiger partial charge in [0.1, 0.15) is 5.82 Å². The Morgan fingerprint density at radius 1 is 1.11 bits per heavy atom. The van der Waals surface area contributed by atoms with Crippen molar-refractivity contribution in [3.05, 3.63) is 68.9 Å². The summed E-state index contributed by atoms with van der Waals surface area (Å²) in [4.78, 5) is 0. The van der Waals surface area contributed by atoms with Crippen LogP contribution in [0.15, 0.2) is 40.9 Å². The van der Waals surface area contributed by atoms with Crippen LogP contribution in [0.1, 0.15) is 28.3 Å². The van der Waals surface area contributed by atoms with E-state index in [-0.39, 0.29) is 11.9 Å². The van der Waals surface area contributed by atoms with Crippen LogP contribution in [0.25, 0.3) is 0 Å². The van der Waals surface area contributed by atoms with E-state index < -0.39 is 0 Å². The molecule has 2 N–H and O–H groups in total. The van der Waals surface area contributed by atoms with Crippen molar-refractivity contribution in [3.63, 3.8) is 0 Å². The first-order chi connectivity index (χ1) is 8.95. The lowest BCUT2D eigenvalue weighted by molar-refractivity contribution is 0.617. The molecule has 0 aliphatic carbocycles. The van der Waals surface area contributed by atoms with Gasteiger partial charge in [-0.25, -0.2) is 4.39 Å². The van der Waals surface area contributed by atoms with E-state index in [1.165, 1.54) is 28.8 Å². The molecule has 2 aromatic carbocycles. The molecule has 0 aliphatic rings. The third kappa shape index (κ3) is 3.64. The Bertz CT molecular complexity index is 575. The fourth-order valence-corrected chi connectivity index (χ4v) is 2.89. The van der Waals surface area contributed by atoms with Crippen LogP contribution in [0.4, 0.5) is 4.39 Å². The fraction of sp³-hybridized carbons (Fsp3) is 0.250. The minimum Gasteiger partial charge on any atom is -0.324 e. The number of nitrogens with two attached hydrogens (primary N) is 1. The van der Waals surface area contributed by atoms with Crippen LogP contribution >= 0.6 is 15.9 Å². The maximum absolute atomic E-state index is 13.3. The zero-order chi connectivity index (χ0) is 14.0. The molecule has 0 radical (unpaired) electrons. The Morgan fingerprint density at radius 2 is 1.74 bits per heavy atom. The monoisotopic (exact) mass is 321 g/mol. The molecule has 0 aliphatic heterocycles. The van der Waals surface area contributed by atoms with Crippen LogP contribution in [0.5, 0.6) is 0 Å². The molecule has 0 heterocycles. The Labute approximate surface area is 121 Å². The third-order valence-corrected chi connectivity index (χ3v) is 3.82. The van der Waals surface area contributed by atoms with Gasteiger partial charge in [0.05, 0.1) is 0 Å². The number of benzene rings is 2. The maximum atomic E-state index is 13.3. The zero-order valence-corrected chi connectivity index (χ0v) is 12.7. The summed E-state index contributed by atoms with van der Waals surface area (Å²) < 4.78 is 14.2. The smallest absolute Gasteiger partial charge is 0.123 e. The molecule has 1 unspecified atom stereocenters. The number of rotatable bonds is 3. The molecule has 2 rings (SSSR count). The summed E-state index contributed by atoms with van der Waals surface area (Å²) in [5, 5.41) is 0. The van der Waals surface area contributed by atoms with E-state index in [1.807, 2.05) is 0 Å².